The molecule has 122 valence electrons. The second-order valence-electron chi connectivity index (χ2n) is 4.93. The molecule has 3 rings (SSSR count). The number of amides is 2. The lowest BCUT2D eigenvalue weighted by Crippen LogP contribution is -2.20. The fraction of sp³-hybridized carbons (Fsp3) is 0. The van der Waals surface area contributed by atoms with E-state index in [0.29, 0.717) is 10.4 Å². The van der Waals surface area contributed by atoms with E-state index in [-0.39, 0.29) is 33.4 Å². The van der Waals surface area contributed by atoms with Gasteiger partial charge in [-0.3, -0.25) is 4.79 Å². The summed E-state index contributed by atoms with van der Waals surface area (Å²) in [6.07, 6.45) is 0. The molecule has 1 heterocycles. The summed E-state index contributed by atoms with van der Waals surface area (Å²) >= 11 is 11.9. The molecule has 6 nitrogen and oxygen atoms in total. The molecule has 1 aromatic heterocycles. The Hall–Kier alpha value is -2.70. The van der Waals surface area contributed by atoms with Crippen molar-refractivity contribution in [3.05, 3.63) is 57.8 Å². The summed E-state index contributed by atoms with van der Waals surface area (Å²) in [5.74, 6) is -0.764. The second kappa shape index (κ2) is 6.07. The number of aromatic hydroxyl groups is 1. The van der Waals surface area contributed by atoms with E-state index in [1.165, 1.54) is 36.4 Å². The van der Waals surface area contributed by atoms with E-state index in [1.807, 2.05) is 0 Å². The Kier molecular flexibility index (Phi) is 4.09. The van der Waals surface area contributed by atoms with E-state index >= 15 is 0 Å². The Bertz CT molecular complexity index is 982. The third-order valence-electron chi connectivity index (χ3n) is 3.30. The minimum absolute atomic E-state index is 0.0506. The van der Waals surface area contributed by atoms with Crippen molar-refractivity contribution in [1.82, 2.24) is 0 Å². The van der Waals surface area contributed by atoms with Crippen LogP contribution in [-0.4, -0.2) is 16.9 Å². The second-order valence-corrected chi connectivity index (χ2v) is 5.77. The first kappa shape index (κ1) is 16.2. The Balaban J connectivity index is 2.20. The normalized spacial score (nSPS) is 10.8. The van der Waals surface area contributed by atoms with Gasteiger partial charge in [-0.15, -0.1) is 0 Å². The van der Waals surface area contributed by atoms with Crippen molar-refractivity contribution >= 4 is 51.7 Å². The quantitative estimate of drug-likeness (QED) is 0.606. The number of phenols is 1. The van der Waals surface area contributed by atoms with Crippen molar-refractivity contribution in [3.63, 3.8) is 0 Å². The highest BCUT2D eigenvalue weighted by Gasteiger charge is 2.24. The van der Waals surface area contributed by atoms with Gasteiger partial charge >= 0.3 is 6.03 Å². The van der Waals surface area contributed by atoms with Gasteiger partial charge in [-0.1, -0.05) is 23.2 Å². The molecule has 0 bridgehead atoms. The first-order valence-electron chi connectivity index (χ1n) is 6.68. The topological polar surface area (TPSA) is 106 Å². The van der Waals surface area contributed by atoms with Gasteiger partial charge in [0.15, 0.2) is 5.76 Å². The van der Waals surface area contributed by atoms with Gasteiger partial charge in [0.1, 0.15) is 17.0 Å². The molecule has 0 saturated carbocycles. The largest absolute Gasteiger partial charge is 0.508 e. The summed E-state index contributed by atoms with van der Waals surface area (Å²) in [5.41, 5.74) is 5.64. The number of halogens is 2. The molecule has 8 heteroatoms. The molecule has 3 aromatic rings. The number of ketones is 1. The highest BCUT2D eigenvalue weighted by molar-refractivity contribution is 6.37. The minimum Gasteiger partial charge on any atom is -0.508 e. The zero-order valence-corrected chi connectivity index (χ0v) is 13.5. The number of urea groups is 1. The van der Waals surface area contributed by atoms with Gasteiger partial charge in [0.25, 0.3) is 0 Å². The zero-order valence-electron chi connectivity index (χ0n) is 12.0. The standard InChI is InChI=1S/C16H10Cl2N2O4/c17-7-1-3-9(11(18)5-7)14(22)15-13(20-16(19)23)10-4-2-8(21)6-12(10)24-15/h1-6,21H,(H3,19,20,23). The summed E-state index contributed by atoms with van der Waals surface area (Å²) in [4.78, 5) is 24.0. The average molecular weight is 365 g/mol. The third kappa shape index (κ3) is 2.89. The molecular weight excluding hydrogens is 355 g/mol. The SMILES string of the molecule is NC(=O)Nc1c(C(=O)c2ccc(Cl)cc2Cl)oc2cc(O)ccc12. The van der Waals surface area contributed by atoms with Crippen LogP contribution in [0.3, 0.4) is 0 Å². The van der Waals surface area contributed by atoms with E-state index in [9.17, 15) is 14.7 Å². The van der Waals surface area contributed by atoms with Gasteiger partial charge in [-0.05, 0) is 30.3 Å². The predicted octanol–water partition coefficient (Wildman–Crippen LogP) is 4.17. The fourth-order valence-corrected chi connectivity index (χ4v) is 2.78. The number of anilines is 1. The van der Waals surface area contributed by atoms with E-state index in [1.54, 1.807) is 0 Å². The molecule has 0 unspecified atom stereocenters. The molecule has 0 spiro atoms. The van der Waals surface area contributed by atoms with Crippen LogP contribution in [0.1, 0.15) is 16.1 Å². The van der Waals surface area contributed by atoms with Crippen LogP contribution in [0.5, 0.6) is 5.75 Å². The Labute approximate surface area is 145 Å². The van der Waals surface area contributed by atoms with Crippen molar-refractivity contribution in [2.24, 2.45) is 5.73 Å². The molecule has 0 radical (unpaired) electrons. The van der Waals surface area contributed by atoms with E-state index < -0.39 is 11.8 Å². The number of benzene rings is 2. The van der Waals surface area contributed by atoms with Crippen LogP contribution in [-0.2, 0) is 0 Å². The molecule has 0 atom stereocenters. The van der Waals surface area contributed by atoms with Gasteiger partial charge in [0.2, 0.25) is 5.78 Å². The van der Waals surface area contributed by atoms with Crippen LogP contribution in [0.15, 0.2) is 40.8 Å². The molecular formula is C16H10Cl2N2O4. The number of nitrogens with two attached hydrogens (primary N) is 1. The average Bonchev–Trinajstić information content (AvgIpc) is 2.83. The molecule has 0 saturated heterocycles. The number of hydrogen-bond donors (Lipinski definition) is 3. The smallest absolute Gasteiger partial charge is 0.316 e. The number of carbonyl (C=O) groups excluding carboxylic acids is 2. The number of carbonyl (C=O) groups is 2. The van der Waals surface area contributed by atoms with Crippen molar-refractivity contribution in [3.8, 4) is 5.75 Å². The van der Waals surface area contributed by atoms with Crippen molar-refractivity contribution < 1.29 is 19.1 Å². The van der Waals surface area contributed by atoms with Gasteiger partial charge < -0.3 is 20.6 Å². The van der Waals surface area contributed by atoms with Gasteiger partial charge in [0.05, 0.1) is 5.02 Å². The number of rotatable bonds is 3. The first-order valence-corrected chi connectivity index (χ1v) is 7.44. The highest BCUT2D eigenvalue weighted by atomic mass is 35.5. The molecule has 4 N–H and O–H groups in total. The van der Waals surface area contributed by atoms with Gasteiger partial charge in [-0.2, -0.15) is 0 Å². The van der Waals surface area contributed by atoms with Crippen LogP contribution in [0, 0.1) is 0 Å². The fourth-order valence-electron chi connectivity index (χ4n) is 2.29. The maximum Gasteiger partial charge on any atom is 0.316 e. The molecule has 24 heavy (non-hydrogen) atoms. The highest BCUT2D eigenvalue weighted by Crippen LogP contribution is 2.35. The van der Waals surface area contributed by atoms with Crippen LogP contribution in [0.4, 0.5) is 10.5 Å². The van der Waals surface area contributed by atoms with Crippen molar-refractivity contribution in [2.75, 3.05) is 5.32 Å². The maximum absolute atomic E-state index is 12.8. The summed E-state index contributed by atoms with van der Waals surface area (Å²) < 4.78 is 5.51. The van der Waals surface area contributed by atoms with E-state index in [0.717, 1.165) is 0 Å². The number of fused-ring (bicyclic) bond motifs is 1. The summed E-state index contributed by atoms with van der Waals surface area (Å²) in [7, 11) is 0. The van der Waals surface area contributed by atoms with E-state index in [4.69, 9.17) is 33.4 Å². The molecule has 2 aromatic carbocycles. The lowest BCUT2D eigenvalue weighted by Gasteiger charge is -2.05. The number of phenolic OH excluding ortho intramolecular Hbond substituents is 1. The predicted molar refractivity (Wildman–Crippen MR) is 91.0 cm³/mol. The molecule has 0 aliphatic rings. The van der Waals surface area contributed by atoms with Gasteiger partial charge in [0, 0.05) is 22.0 Å². The minimum atomic E-state index is -0.859. The molecule has 0 aliphatic heterocycles. The third-order valence-corrected chi connectivity index (χ3v) is 3.85. The summed E-state index contributed by atoms with van der Waals surface area (Å²) in [5, 5.41) is 12.9. The number of nitrogens with one attached hydrogen (secondary N) is 1. The molecule has 2 amide bonds. The summed E-state index contributed by atoms with van der Waals surface area (Å²) in [6.45, 7) is 0. The lowest BCUT2D eigenvalue weighted by molar-refractivity contribution is 0.101. The molecule has 0 aliphatic carbocycles. The van der Waals surface area contributed by atoms with Crippen molar-refractivity contribution in [1.29, 1.82) is 0 Å². The zero-order chi connectivity index (χ0) is 17.4. The molecule has 0 fully saturated rings. The lowest BCUT2D eigenvalue weighted by atomic mass is 10.1. The Morgan fingerprint density at radius 1 is 1.12 bits per heavy atom. The van der Waals surface area contributed by atoms with E-state index in [2.05, 4.69) is 5.32 Å². The summed E-state index contributed by atoms with van der Waals surface area (Å²) in [6, 6.07) is 7.74. The maximum atomic E-state index is 12.8. The van der Waals surface area contributed by atoms with Crippen molar-refractivity contribution in [2.45, 2.75) is 0 Å². The monoisotopic (exact) mass is 364 g/mol. The van der Waals surface area contributed by atoms with Gasteiger partial charge in [-0.25, -0.2) is 4.79 Å². The Morgan fingerprint density at radius 2 is 1.88 bits per heavy atom. The van der Waals surface area contributed by atoms with Crippen LogP contribution >= 0.6 is 23.2 Å². The Morgan fingerprint density at radius 3 is 2.54 bits per heavy atom. The van der Waals surface area contributed by atoms with Crippen LogP contribution in [0.2, 0.25) is 10.0 Å². The number of hydrogen-bond acceptors (Lipinski definition) is 4. The first-order chi connectivity index (χ1) is 11.4. The number of furan rings is 1. The van der Waals surface area contributed by atoms with Crippen LogP contribution in [0.25, 0.3) is 11.0 Å². The van der Waals surface area contributed by atoms with Crippen LogP contribution < -0.4 is 11.1 Å². The number of primary amides is 1.